The van der Waals surface area contributed by atoms with Crippen molar-refractivity contribution in [2.24, 2.45) is 0 Å². The summed E-state index contributed by atoms with van der Waals surface area (Å²) in [5.41, 5.74) is 0. The maximum Gasteiger partial charge on any atom is 0.330 e. The third-order valence-electron chi connectivity index (χ3n) is 2.10. The summed E-state index contributed by atoms with van der Waals surface area (Å²) < 4.78 is 12.3. The van der Waals surface area contributed by atoms with Crippen LogP contribution < -0.4 is 14.8 Å². The molecule has 2 aromatic rings. The van der Waals surface area contributed by atoms with Crippen molar-refractivity contribution >= 4 is 37.8 Å². The molecule has 0 bridgehead atoms. The fourth-order valence-electron chi connectivity index (χ4n) is 1.24. The molecule has 1 aromatic heterocycles. The number of methoxy groups -OCH3 is 1. The molecule has 1 heterocycles. The van der Waals surface area contributed by atoms with E-state index in [1.165, 1.54) is 7.11 Å². The van der Waals surface area contributed by atoms with Gasteiger partial charge < -0.3 is 14.8 Å². The molecule has 100 valence electrons. The molecule has 0 radical (unpaired) electrons. The van der Waals surface area contributed by atoms with Gasteiger partial charge >= 0.3 is 12.0 Å². The van der Waals surface area contributed by atoms with Gasteiger partial charge in [0.1, 0.15) is 5.75 Å². The summed E-state index contributed by atoms with van der Waals surface area (Å²) in [5, 5.41) is 2.81. The predicted molar refractivity (Wildman–Crippen MR) is 77.8 cm³/mol. The van der Waals surface area contributed by atoms with Crippen LogP contribution in [0.5, 0.6) is 17.8 Å². The Morgan fingerprint density at radius 1 is 1.11 bits per heavy atom. The zero-order valence-corrected chi connectivity index (χ0v) is 13.3. The van der Waals surface area contributed by atoms with E-state index in [0.717, 1.165) is 8.95 Å². The van der Waals surface area contributed by atoms with Crippen LogP contribution in [0.4, 0.5) is 5.95 Å². The topological polar surface area (TPSA) is 69.2 Å². The Labute approximate surface area is 126 Å². The average Bonchev–Trinajstić information content (AvgIpc) is 2.41. The quantitative estimate of drug-likeness (QED) is 0.865. The molecule has 0 aliphatic heterocycles. The Morgan fingerprint density at radius 2 is 1.84 bits per heavy atom. The van der Waals surface area contributed by atoms with E-state index in [4.69, 9.17) is 9.47 Å². The van der Waals surface area contributed by atoms with Crippen molar-refractivity contribution in [1.82, 2.24) is 15.0 Å². The average molecular weight is 390 g/mol. The van der Waals surface area contributed by atoms with Crippen LogP contribution in [0.1, 0.15) is 0 Å². The van der Waals surface area contributed by atoms with E-state index < -0.39 is 0 Å². The van der Waals surface area contributed by atoms with E-state index in [0.29, 0.717) is 11.7 Å². The first-order valence-electron chi connectivity index (χ1n) is 5.23. The number of halogens is 2. The summed E-state index contributed by atoms with van der Waals surface area (Å²) in [4.78, 5) is 12.1. The highest BCUT2D eigenvalue weighted by Crippen LogP contribution is 2.31. The van der Waals surface area contributed by atoms with Gasteiger partial charge in [-0.05, 0) is 34.1 Å². The minimum atomic E-state index is 0.152. The number of hydrogen-bond acceptors (Lipinski definition) is 6. The SMILES string of the molecule is CNc1nc(OC)nc(Oc2ccc(Br)cc2Br)n1. The van der Waals surface area contributed by atoms with Crippen LogP contribution in [-0.4, -0.2) is 29.1 Å². The maximum atomic E-state index is 5.60. The molecule has 2 rings (SSSR count). The molecular weight excluding hydrogens is 380 g/mol. The van der Waals surface area contributed by atoms with E-state index in [-0.39, 0.29) is 12.0 Å². The second-order valence-electron chi connectivity index (χ2n) is 3.36. The zero-order valence-electron chi connectivity index (χ0n) is 10.1. The lowest BCUT2D eigenvalue weighted by Gasteiger charge is -2.08. The second-order valence-corrected chi connectivity index (χ2v) is 5.13. The largest absolute Gasteiger partial charge is 0.467 e. The fraction of sp³-hybridized carbons (Fsp3) is 0.182. The Hall–Kier alpha value is -1.41. The second kappa shape index (κ2) is 6.16. The monoisotopic (exact) mass is 388 g/mol. The van der Waals surface area contributed by atoms with Gasteiger partial charge in [0, 0.05) is 11.5 Å². The highest BCUT2D eigenvalue weighted by atomic mass is 79.9. The minimum Gasteiger partial charge on any atom is -0.467 e. The Bertz CT molecular complexity index is 573. The van der Waals surface area contributed by atoms with Crippen LogP contribution in [-0.2, 0) is 0 Å². The van der Waals surface area contributed by atoms with Crippen molar-refractivity contribution in [2.75, 3.05) is 19.5 Å². The van der Waals surface area contributed by atoms with E-state index in [9.17, 15) is 0 Å². The lowest BCUT2D eigenvalue weighted by Crippen LogP contribution is -2.03. The van der Waals surface area contributed by atoms with Crippen molar-refractivity contribution in [3.8, 4) is 17.8 Å². The molecule has 6 nitrogen and oxygen atoms in total. The first kappa shape index (κ1) is 14.0. The molecule has 8 heteroatoms. The molecule has 0 amide bonds. The highest BCUT2D eigenvalue weighted by Gasteiger charge is 2.10. The van der Waals surface area contributed by atoms with E-state index in [2.05, 4.69) is 52.1 Å². The lowest BCUT2D eigenvalue weighted by molar-refractivity contribution is 0.360. The Balaban J connectivity index is 2.31. The molecule has 0 saturated heterocycles. The third-order valence-corrected chi connectivity index (χ3v) is 3.21. The minimum absolute atomic E-state index is 0.152. The van der Waals surface area contributed by atoms with Gasteiger partial charge in [-0.25, -0.2) is 0 Å². The number of nitrogens with zero attached hydrogens (tertiary/aromatic N) is 3. The van der Waals surface area contributed by atoms with Crippen molar-refractivity contribution in [3.05, 3.63) is 27.1 Å². The number of anilines is 1. The molecule has 0 aliphatic rings. The molecule has 0 fully saturated rings. The predicted octanol–water partition coefficient (Wildman–Crippen LogP) is 3.24. The summed E-state index contributed by atoms with van der Waals surface area (Å²) in [5.74, 6) is 0.966. The normalized spacial score (nSPS) is 10.1. The molecule has 1 N–H and O–H groups in total. The highest BCUT2D eigenvalue weighted by molar-refractivity contribution is 9.11. The Morgan fingerprint density at radius 3 is 2.47 bits per heavy atom. The smallest absolute Gasteiger partial charge is 0.330 e. The summed E-state index contributed by atoms with van der Waals surface area (Å²) in [6.07, 6.45) is 0. The number of nitrogens with one attached hydrogen (secondary N) is 1. The number of rotatable bonds is 4. The maximum absolute atomic E-state index is 5.60. The van der Waals surface area contributed by atoms with E-state index in [1.54, 1.807) is 13.1 Å². The summed E-state index contributed by atoms with van der Waals surface area (Å²) in [7, 11) is 3.18. The van der Waals surface area contributed by atoms with E-state index in [1.807, 2.05) is 12.1 Å². The van der Waals surface area contributed by atoms with Crippen LogP contribution in [0.15, 0.2) is 27.1 Å². The number of ether oxygens (including phenoxy) is 2. The van der Waals surface area contributed by atoms with Gasteiger partial charge in [-0.1, -0.05) is 15.9 Å². The van der Waals surface area contributed by atoms with Crippen molar-refractivity contribution in [2.45, 2.75) is 0 Å². The molecule has 0 aliphatic carbocycles. The van der Waals surface area contributed by atoms with E-state index >= 15 is 0 Å². The van der Waals surface area contributed by atoms with Gasteiger partial charge in [0.2, 0.25) is 5.95 Å². The lowest BCUT2D eigenvalue weighted by atomic mass is 10.3. The molecule has 0 saturated carbocycles. The van der Waals surface area contributed by atoms with Gasteiger partial charge in [0.15, 0.2) is 0 Å². The summed E-state index contributed by atoms with van der Waals surface area (Å²) in [6.45, 7) is 0. The van der Waals surface area contributed by atoms with Crippen molar-refractivity contribution in [1.29, 1.82) is 0 Å². The molecule has 19 heavy (non-hydrogen) atoms. The van der Waals surface area contributed by atoms with Gasteiger partial charge in [0.05, 0.1) is 11.6 Å². The summed E-state index contributed by atoms with van der Waals surface area (Å²) in [6, 6.07) is 5.86. The molecular formula is C11H10Br2N4O2. The first-order valence-corrected chi connectivity index (χ1v) is 6.81. The van der Waals surface area contributed by atoms with Gasteiger partial charge in [-0.3, -0.25) is 0 Å². The third kappa shape index (κ3) is 3.54. The van der Waals surface area contributed by atoms with Gasteiger partial charge in [0.25, 0.3) is 0 Å². The molecule has 0 spiro atoms. The van der Waals surface area contributed by atoms with Crippen molar-refractivity contribution < 1.29 is 9.47 Å². The van der Waals surface area contributed by atoms with Crippen LogP contribution in [0.25, 0.3) is 0 Å². The van der Waals surface area contributed by atoms with Crippen LogP contribution in [0.3, 0.4) is 0 Å². The molecule has 1 aromatic carbocycles. The zero-order chi connectivity index (χ0) is 13.8. The standard InChI is InChI=1S/C11H10Br2N4O2/c1-14-9-15-10(18-2)17-11(16-9)19-8-4-3-6(12)5-7(8)13/h3-5H,1-2H3,(H,14,15,16,17). The Kier molecular flexibility index (Phi) is 4.54. The molecule has 0 unspecified atom stereocenters. The summed E-state index contributed by atoms with van der Waals surface area (Å²) >= 11 is 6.77. The number of hydrogen-bond donors (Lipinski definition) is 1. The number of benzene rings is 1. The molecule has 0 atom stereocenters. The first-order chi connectivity index (χ1) is 9.12. The fourth-order valence-corrected chi connectivity index (χ4v) is 2.37. The van der Waals surface area contributed by atoms with Crippen molar-refractivity contribution in [3.63, 3.8) is 0 Å². The van der Waals surface area contributed by atoms with Gasteiger partial charge in [-0.15, -0.1) is 4.98 Å². The number of aromatic nitrogens is 3. The van der Waals surface area contributed by atoms with Gasteiger partial charge in [-0.2, -0.15) is 9.97 Å². The van der Waals surface area contributed by atoms with Crippen LogP contribution >= 0.6 is 31.9 Å². The van der Waals surface area contributed by atoms with Crippen LogP contribution in [0, 0.1) is 0 Å². The van der Waals surface area contributed by atoms with Crippen LogP contribution in [0.2, 0.25) is 0 Å².